The van der Waals surface area contributed by atoms with Crippen molar-refractivity contribution in [3.05, 3.63) is 47.6 Å². The SMILES string of the molecule is CC(C)(C)[Si](C)(C)Cl.C[C@@H]1C[C@H]2[C@@H]3CCC4=CC(=O)C=C[C@]4(C)[C@@]3(F)[C@@H](O)C[C@]2(C)[C@@]1(O)C(=O)CO.C[C@@H]1C[C@H]2[C@@H]3CCC4=CC(=O)C=C[C@]4(C)[C@@]3(F)[C@@H](O)C[C@]2(C)[C@@]1(O)C(=O)CO[Si](C)(C)C(C)(C)C. The van der Waals surface area contributed by atoms with Crippen molar-refractivity contribution in [1.82, 2.24) is 0 Å². The quantitative estimate of drug-likeness (QED) is 0.127. The molecule has 0 aromatic heterocycles. The predicted molar refractivity (Wildman–Crippen MR) is 279 cm³/mol. The van der Waals surface area contributed by atoms with Crippen molar-refractivity contribution in [3.8, 4) is 0 Å². The highest BCUT2D eigenvalue weighted by Gasteiger charge is 2.77. The highest BCUT2D eigenvalue weighted by Crippen LogP contribution is 2.72. The Kier molecular flexibility index (Phi) is 15.0. The highest BCUT2D eigenvalue weighted by molar-refractivity contribution is 7.20. The molecule has 6 saturated carbocycles. The molecule has 0 amide bonds. The van der Waals surface area contributed by atoms with Gasteiger partial charge >= 0.3 is 0 Å². The molecule has 400 valence electrons. The van der Waals surface area contributed by atoms with E-state index in [1.54, 1.807) is 39.8 Å². The Morgan fingerprint density at radius 2 is 1.04 bits per heavy atom. The number of aliphatic hydroxyl groups excluding tert-OH is 3. The summed E-state index contributed by atoms with van der Waals surface area (Å²) in [5, 5.41) is 55.8. The first-order chi connectivity index (χ1) is 32.1. The number of alkyl halides is 2. The molecule has 8 aliphatic rings. The molecular weight excluding hydrogens is 962 g/mol. The lowest BCUT2D eigenvalue weighted by atomic mass is 9.44. The van der Waals surface area contributed by atoms with E-state index in [2.05, 4.69) is 67.7 Å². The van der Waals surface area contributed by atoms with Gasteiger partial charge in [-0.3, -0.25) is 19.2 Å². The van der Waals surface area contributed by atoms with Crippen LogP contribution in [0.1, 0.15) is 134 Å². The third-order valence-electron chi connectivity index (χ3n) is 21.6. The van der Waals surface area contributed by atoms with E-state index in [0.29, 0.717) is 49.1 Å². The summed E-state index contributed by atoms with van der Waals surface area (Å²) in [5.41, 5.74) is -10.2. The fraction of sp³-hybridized carbons (Fsp3) is 0.786. The second-order valence-corrected chi connectivity index (χ2v) is 39.2. The second kappa shape index (κ2) is 18.3. The maximum atomic E-state index is 17.2. The minimum atomic E-state index is -2.21. The van der Waals surface area contributed by atoms with Crippen LogP contribution in [0.15, 0.2) is 47.6 Å². The van der Waals surface area contributed by atoms with Crippen LogP contribution in [0.2, 0.25) is 36.3 Å². The first-order valence-electron chi connectivity index (χ1n) is 26.2. The van der Waals surface area contributed by atoms with Gasteiger partial charge in [0, 0.05) is 33.5 Å². The zero-order valence-electron chi connectivity index (χ0n) is 45.6. The molecular formula is C56H87ClF2O10Si2. The number of ketones is 4. The van der Waals surface area contributed by atoms with Crippen LogP contribution in [0.5, 0.6) is 0 Å². The zero-order chi connectivity index (χ0) is 54.1. The number of aliphatic hydroxyl groups is 5. The number of halogens is 3. The lowest BCUT2D eigenvalue weighted by Gasteiger charge is -2.62. The molecule has 5 N–H and O–H groups in total. The Labute approximate surface area is 429 Å². The molecule has 6 fully saturated rings. The van der Waals surface area contributed by atoms with Crippen LogP contribution in [-0.4, -0.2) is 112 Å². The molecule has 0 bridgehead atoms. The number of Topliss-reactive ketones (excluding diaryl/α,β-unsaturated/α-hetero) is 2. The summed E-state index contributed by atoms with van der Waals surface area (Å²) in [6.45, 7) is 31.2. The topological polar surface area (TPSA) is 179 Å². The van der Waals surface area contributed by atoms with Gasteiger partial charge in [0.1, 0.15) is 17.8 Å². The molecule has 71 heavy (non-hydrogen) atoms. The van der Waals surface area contributed by atoms with Crippen molar-refractivity contribution in [3.63, 3.8) is 0 Å². The molecule has 0 aromatic rings. The van der Waals surface area contributed by atoms with Crippen LogP contribution in [0.3, 0.4) is 0 Å². The lowest BCUT2D eigenvalue weighted by Crippen LogP contribution is -2.69. The molecule has 8 rings (SSSR count). The van der Waals surface area contributed by atoms with E-state index in [9.17, 15) is 44.7 Å². The Balaban J connectivity index is 0.000000205. The summed E-state index contributed by atoms with van der Waals surface area (Å²) in [6, 6.07) is 0. The zero-order valence-corrected chi connectivity index (χ0v) is 48.3. The fourth-order valence-corrected chi connectivity index (χ4v) is 15.9. The Morgan fingerprint density at radius 3 is 1.37 bits per heavy atom. The largest absolute Gasteiger partial charge is 0.409 e. The molecule has 0 unspecified atom stereocenters. The predicted octanol–water partition coefficient (Wildman–Crippen LogP) is 10.1. The van der Waals surface area contributed by atoms with Gasteiger partial charge in [0.25, 0.3) is 0 Å². The molecule has 10 nitrogen and oxygen atoms in total. The van der Waals surface area contributed by atoms with E-state index in [1.165, 1.54) is 24.3 Å². The van der Waals surface area contributed by atoms with Crippen molar-refractivity contribution in [2.75, 3.05) is 13.2 Å². The average Bonchev–Trinajstić information content (AvgIpc) is 3.58. The minimum absolute atomic E-state index is 0.0119. The molecule has 16 atom stereocenters. The van der Waals surface area contributed by atoms with Gasteiger partial charge in [-0.2, -0.15) is 11.1 Å². The van der Waals surface area contributed by atoms with E-state index in [1.807, 2.05) is 13.8 Å². The van der Waals surface area contributed by atoms with E-state index >= 15 is 8.78 Å². The summed E-state index contributed by atoms with van der Waals surface area (Å²) in [4.78, 5) is 50.1. The minimum Gasteiger partial charge on any atom is -0.409 e. The maximum Gasteiger partial charge on any atom is 0.192 e. The first-order valence-corrected chi connectivity index (χ1v) is 33.1. The second-order valence-electron chi connectivity index (χ2n) is 27.1. The van der Waals surface area contributed by atoms with Crippen LogP contribution >= 0.6 is 11.1 Å². The number of hydrogen-bond donors (Lipinski definition) is 5. The van der Waals surface area contributed by atoms with Crippen LogP contribution in [0.25, 0.3) is 0 Å². The van der Waals surface area contributed by atoms with E-state index < -0.39 is 102 Å². The van der Waals surface area contributed by atoms with Crippen molar-refractivity contribution in [2.45, 2.75) is 205 Å². The normalized spacial score (nSPS) is 44.7. The van der Waals surface area contributed by atoms with Crippen molar-refractivity contribution < 1.29 is 57.9 Å². The number of fused-ring (bicyclic) bond motifs is 10. The lowest BCUT2D eigenvalue weighted by molar-refractivity contribution is -0.219. The molecule has 0 heterocycles. The number of hydrogen-bond acceptors (Lipinski definition) is 10. The molecule has 8 aliphatic carbocycles. The van der Waals surface area contributed by atoms with Crippen molar-refractivity contribution >= 4 is 49.9 Å². The van der Waals surface area contributed by atoms with Crippen molar-refractivity contribution in [1.29, 1.82) is 0 Å². The van der Waals surface area contributed by atoms with Crippen LogP contribution in [0, 0.1) is 57.2 Å². The third-order valence-corrected chi connectivity index (χ3v) is 31.3. The smallest absolute Gasteiger partial charge is 0.192 e. The van der Waals surface area contributed by atoms with Gasteiger partial charge in [-0.15, -0.1) is 0 Å². The molecule has 15 heteroatoms. The summed E-state index contributed by atoms with van der Waals surface area (Å²) < 4.78 is 40.3. The maximum absolute atomic E-state index is 17.2. The monoisotopic (exact) mass is 1050 g/mol. The summed E-state index contributed by atoms with van der Waals surface area (Å²) >= 11 is 6.15. The molecule has 0 aliphatic heterocycles. The Morgan fingerprint density at radius 1 is 0.690 bits per heavy atom. The van der Waals surface area contributed by atoms with E-state index in [-0.39, 0.29) is 59.6 Å². The van der Waals surface area contributed by atoms with Crippen LogP contribution in [-0.2, 0) is 23.6 Å². The number of rotatable bonds is 6. The van der Waals surface area contributed by atoms with E-state index in [0.717, 1.165) is 5.57 Å². The van der Waals surface area contributed by atoms with Gasteiger partial charge < -0.3 is 30.0 Å². The number of allylic oxidation sites excluding steroid dienone is 8. The summed E-state index contributed by atoms with van der Waals surface area (Å²) in [6.07, 6.45) is 9.18. The van der Waals surface area contributed by atoms with Gasteiger partial charge in [0.2, 0.25) is 0 Å². The van der Waals surface area contributed by atoms with Crippen molar-refractivity contribution in [2.24, 2.45) is 57.2 Å². The molecule has 0 radical (unpaired) electrons. The highest BCUT2D eigenvalue weighted by atomic mass is 35.6. The standard InChI is InChI=1S/C28H43FO5Si.C22H29FO5.C6H15ClSi/c1-17-13-21-20-10-9-18-14-19(30)11-12-25(18,5)27(20,29)22(31)15-26(21,6)28(17,33)23(32)16-34-35(7,8)24(2,3)4;1-12-8-16-15-5-4-13-9-14(25)6-7-19(13,2)21(15,23)17(26)10-20(16,3)22(12,28)18(27)11-24;1-6(2,3)8(4,5)7/h11-12,14,17,20-22,31,33H,9-10,13,15-16H2,1-8H3;6-7,9,12,15-17,24,26,28H,4-5,8,10-11H2,1-3H3;1-5H3/t17-,20+,21+,22+,25+,26+,27+,28+;12-,15+,16+,17+,19+,20+,21+,22+;/m11./s1. The van der Waals surface area contributed by atoms with Gasteiger partial charge in [-0.05, 0) is 136 Å². The molecule has 0 spiro atoms. The first kappa shape index (κ1) is 58.2. The Bertz CT molecular complexity index is 2280. The van der Waals surface area contributed by atoms with Gasteiger partial charge in [-0.1, -0.05) is 106 Å². The summed E-state index contributed by atoms with van der Waals surface area (Å²) in [7, 11) is -3.60. The third kappa shape index (κ3) is 8.38. The van der Waals surface area contributed by atoms with Crippen LogP contribution < -0.4 is 0 Å². The van der Waals surface area contributed by atoms with Gasteiger partial charge in [-0.25, -0.2) is 8.78 Å². The average molecular weight is 1050 g/mol. The van der Waals surface area contributed by atoms with Gasteiger partial charge in [0.15, 0.2) is 50.2 Å². The van der Waals surface area contributed by atoms with Crippen LogP contribution in [0.4, 0.5) is 8.78 Å². The Hall–Kier alpha value is -2.02. The van der Waals surface area contributed by atoms with E-state index in [4.69, 9.17) is 15.5 Å². The van der Waals surface area contributed by atoms with Gasteiger partial charge in [0.05, 0.1) is 18.8 Å². The fourth-order valence-electron chi connectivity index (χ4n) is 15.0. The molecule has 0 aromatic carbocycles. The number of carbonyl (C=O) groups excluding carboxylic acids is 4. The molecule has 0 saturated heterocycles. The number of carbonyl (C=O) groups is 4. The summed E-state index contributed by atoms with van der Waals surface area (Å²) in [5.74, 6) is -3.80.